The number of rotatable bonds is 8. The zero-order chi connectivity index (χ0) is 21.3. The van der Waals surface area contributed by atoms with Gasteiger partial charge in [0.25, 0.3) is 0 Å². The number of alkyl halides is 3. The van der Waals surface area contributed by atoms with Crippen molar-refractivity contribution in [2.75, 3.05) is 27.2 Å². The summed E-state index contributed by atoms with van der Waals surface area (Å²) in [5.41, 5.74) is 0.0527. The van der Waals surface area contributed by atoms with Crippen molar-refractivity contribution in [3.8, 4) is 5.75 Å². The van der Waals surface area contributed by atoms with Crippen LogP contribution in [-0.2, 0) is 23.9 Å². The van der Waals surface area contributed by atoms with Gasteiger partial charge in [0.2, 0.25) is 5.91 Å². The highest BCUT2D eigenvalue weighted by atomic mass is 127. The van der Waals surface area contributed by atoms with Crippen molar-refractivity contribution in [2.45, 2.75) is 19.1 Å². The molecule has 1 heterocycles. The highest BCUT2D eigenvalue weighted by molar-refractivity contribution is 14.0. The fraction of sp³-hybridized carbons (Fsp3) is 0.389. The number of ether oxygens (including phenoxy) is 1. The van der Waals surface area contributed by atoms with Crippen LogP contribution in [0.25, 0.3) is 0 Å². The number of aliphatic imine (C=N–C) groups is 1. The molecule has 7 nitrogen and oxygen atoms in total. The minimum absolute atomic E-state index is 0. The van der Waals surface area contributed by atoms with E-state index in [-0.39, 0.29) is 36.4 Å². The summed E-state index contributed by atoms with van der Waals surface area (Å²) in [5.74, 6) is 0.889. The van der Waals surface area contributed by atoms with Gasteiger partial charge in [0.05, 0.1) is 18.7 Å². The van der Waals surface area contributed by atoms with Crippen LogP contribution >= 0.6 is 35.3 Å². The largest absolute Gasteiger partial charge is 0.497 e. The van der Waals surface area contributed by atoms with Gasteiger partial charge in [-0.1, -0.05) is 12.1 Å². The Labute approximate surface area is 193 Å². The number of carbonyl (C=O) groups excluding carboxylic acids is 1. The number of nitrogens with zero attached hydrogens (tertiary/aromatic N) is 2. The molecule has 30 heavy (non-hydrogen) atoms. The first kappa shape index (κ1) is 25.9. The number of hydrogen-bond acceptors (Lipinski definition) is 5. The summed E-state index contributed by atoms with van der Waals surface area (Å²) in [7, 11) is 3.12. The standard InChI is InChI=1S/C18H22F3N5O2S.HI/c1-22-17(23-8-7-16-26-14(11-29-16)18(19,20)21)25-10-15(27)24-9-12-3-5-13(28-2)6-4-12;/h3-6,11H,7-10H2,1-2H3,(H,24,27)(H2,22,23,25);1H. The molecule has 0 aliphatic carbocycles. The number of methoxy groups -OCH3 is 1. The van der Waals surface area contributed by atoms with Crippen LogP contribution in [0.2, 0.25) is 0 Å². The average Bonchev–Trinajstić information content (AvgIpc) is 3.18. The number of benzene rings is 1. The Kier molecular flexibility index (Phi) is 10.9. The average molecular weight is 557 g/mol. The predicted molar refractivity (Wildman–Crippen MR) is 120 cm³/mol. The monoisotopic (exact) mass is 557 g/mol. The molecule has 0 aliphatic heterocycles. The van der Waals surface area contributed by atoms with Gasteiger partial charge in [0, 0.05) is 31.9 Å². The van der Waals surface area contributed by atoms with Gasteiger partial charge >= 0.3 is 6.18 Å². The van der Waals surface area contributed by atoms with Gasteiger partial charge in [-0.2, -0.15) is 13.2 Å². The maximum Gasteiger partial charge on any atom is 0.434 e. The van der Waals surface area contributed by atoms with E-state index in [1.807, 2.05) is 24.3 Å². The SMILES string of the molecule is CN=C(NCCc1nc(C(F)(F)F)cs1)NCC(=O)NCc1ccc(OC)cc1.I. The number of thiazole rings is 1. The van der Waals surface area contributed by atoms with E-state index in [1.54, 1.807) is 7.11 Å². The van der Waals surface area contributed by atoms with Crippen molar-refractivity contribution in [1.82, 2.24) is 20.9 Å². The second-order valence-electron chi connectivity index (χ2n) is 5.85. The minimum atomic E-state index is -4.43. The molecule has 0 atom stereocenters. The molecular weight excluding hydrogens is 534 g/mol. The van der Waals surface area contributed by atoms with Crippen LogP contribution in [0.4, 0.5) is 13.2 Å². The van der Waals surface area contributed by atoms with E-state index < -0.39 is 11.9 Å². The summed E-state index contributed by atoms with van der Waals surface area (Å²) >= 11 is 0.957. The molecule has 1 aromatic heterocycles. The lowest BCUT2D eigenvalue weighted by atomic mass is 10.2. The quantitative estimate of drug-likeness (QED) is 0.264. The summed E-state index contributed by atoms with van der Waals surface area (Å²) in [6, 6.07) is 7.34. The predicted octanol–water partition coefficient (Wildman–Crippen LogP) is 2.81. The molecule has 0 radical (unpaired) electrons. The Balaban J connectivity index is 0.00000450. The first-order chi connectivity index (χ1) is 13.8. The summed E-state index contributed by atoms with van der Waals surface area (Å²) in [4.78, 5) is 19.5. The summed E-state index contributed by atoms with van der Waals surface area (Å²) in [6.07, 6.45) is -4.12. The van der Waals surface area contributed by atoms with Gasteiger partial charge in [-0.25, -0.2) is 4.98 Å². The Morgan fingerprint density at radius 3 is 2.47 bits per heavy atom. The molecule has 2 aromatic rings. The molecule has 0 bridgehead atoms. The van der Waals surface area contributed by atoms with Crippen LogP contribution < -0.4 is 20.7 Å². The Morgan fingerprint density at radius 2 is 1.90 bits per heavy atom. The summed E-state index contributed by atoms with van der Waals surface area (Å²) in [5, 5.41) is 9.93. The maximum absolute atomic E-state index is 12.5. The molecule has 2 rings (SSSR count). The highest BCUT2D eigenvalue weighted by Gasteiger charge is 2.33. The van der Waals surface area contributed by atoms with Crippen molar-refractivity contribution in [1.29, 1.82) is 0 Å². The van der Waals surface area contributed by atoms with Crippen LogP contribution in [0.1, 0.15) is 16.3 Å². The normalized spacial score (nSPS) is 11.4. The molecule has 0 unspecified atom stereocenters. The molecule has 166 valence electrons. The number of aromatic nitrogens is 1. The number of hydrogen-bond donors (Lipinski definition) is 3. The van der Waals surface area contributed by atoms with Crippen LogP contribution in [0, 0.1) is 0 Å². The van der Waals surface area contributed by atoms with E-state index in [4.69, 9.17) is 4.74 Å². The van der Waals surface area contributed by atoms with Gasteiger partial charge in [0.15, 0.2) is 11.7 Å². The van der Waals surface area contributed by atoms with Crippen molar-refractivity contribution in [3.05, 3.63) is 45.9 Å². The van der Waals surface area contributed by atoms with E-state index in [0.29, 0.717) is 30.5 Å². The molecule has 0 fully saturated rings. The van der Waals surface area contributed by atoms with Crippen LogP contribution in [0.5, 0.6) is 5.75 Å². The summed E-state index contributed by atoms with van der Waals surface area (Å²) in [6.45, 7) is 0.714. The molecule has 0 saturated carbocycles. The van der Waals surface area contributed by atoms with Gasteiger partial charge in [0.1, 0.15) is 5.75 Å². The molecule has 0 aliphatic rings. The Hall–Kier alpha value is -2.09. The number of halogens is 4. The zero-order valence-corrected chi connectivity index (χ0v) is 19.5. The van der Waals surface area contributed by atoms with E-state index in [2.05, 4.69) is 25.9 Å². The van der Waals surface area contributed by atoms with Crippen molar-refractivity contribution in [2.24, 2.45) is 4.99 Å². The topological polar surface area (TPSA) is 87.6 Å². The third kappa shape index (κ3) is 8.73. The lowest BCUT2D eigenvalue weighted by molar-refractivity contribution is -0.140. The van der Waals surface area contributed by atoms with Gasteiger partial charge in [-0.3, -0.25) is 9.79 Å². The van der Waals surface area contributed by atoms with Crippen molar-refractivity contribution in [3.63, 3.8) is 0 Å². The summed E-state index contributed by atoms with van der Waals surface area (Å²) < 4.78 is 42.7. The second kappa shape index (κ2) is 12.6. The number of amides is 1. The molecule has 0 saturated heterocycles. The van der Waals surface area contributed by atoms with Gasteiger partial charge in [-0.05, 0) is 17.7 Å². The zero-order valence-electron chi connectivity index (χ0n) is 16.4. The molecule has 1 aromatic carbocycles. The number of guanidine groups is 1. The van der Waals surface area contributed by atoms with Gasteiger partial charge < -0.3 is 20.7 Å². The fourth-order valence-corrected chi connectivity index (χ4v) is 3.04. The minimum Gasteiger partial charge on any atom is -0.497 e. The van der Waals surface area contributed by atoms with E-state index in [9.17, 15) is 18.0 Å². The number of nitrogens with one attached hydrogen (secondary N) is 3. The van der Waals surface area contributed by atoms with E-state index >= 15 is 0 Å². The first-order valence-corrected chi connectivity index (χ1v) is 9.55. The van der Waals surface area contributed by atoms with Crippen LogP contribution in [0.3, 0.4) is 0 Å². The Morgan fingerprint density at radius 1 is 1.20 bits per heavy atom. The molecular formula is C18H23F3IN5O2S. The van der Waals surface area contributed by atoms with E-state index in [1.165, 1.54) is 7.05 Å². The molecule has 0 spiro atoms. The van der Waals surface area contributed by atoms with E-state index in [0.717, 1.165) is 28.0 Å². The third-order valence-corrected chi connectivity index (χ3v) is 4.67. The lowest BCUT2D eigenvalue weighted by Crippen LogP contribution is -2.43. The number of carbonyl (C=O) groups is 1. The molecule has 1 amide bonds. The third-order valence-electron chi connectivity index (χ3n) is 3.76. The van der Waals surface area contributed by atoms with Crippen LogP contribution in [-0.4, -0.2) is 44.1 Å². The maximum atomic E-state index is 12.5. The smallest absolute Gasteiger partial charge is 0.434 e. The molecule has 3 N–H and O–H groups in total. The van der Waals surface area contributed by atoms with Gasteiger partial charge in [-0.15, -0.1) is 35.3 Å². The lowest BCUT2D eigenvalue weighted by Gasteiger charge is -2.11. The first-order valence-electron chi connectivity index (χ1n) is 8.67. The highest BCUT2D eigenvalue weighted by Crippen LogP contribution is 2.29. The van der Waals surface area contributed by atoms with Crippen LogP contribution in [0.15, 0.2) is 34.6 Å². The van der Waals surface area contributed by atoms with Crippen molar-refractivity contribution >= 4 is 47.2 Å². The second-order valence-corrected chi connectivity index (χ2v) is 6.79. The Bertz CT molecular complexity index is 828. The van der Waals surface area contributed by atoms with Crippen molar-refractivity contribution < 1.29 is 22.7 Å². The molecule has 12 heteroatoms. The fourth-order valence-electron chi connectivity index (χ4n) is 2.23.